The summed E-state index contributed by atoms with van der Waals surface area (Å²) in [6, 6.07) is 19.8. The van der Waals surface area contributed by atoms with Crippen molar-refractivity contribution in [1.82, 2.24) is 14.8 Å². The maximum absolute atomic E-state index is 12.1. The van der Waals surface area contributed by atoms with Crippen molar-refractivity contribution in [2.24, 2.45) is 0 Å². The van der Waals surface area contributed by atoms with Crippen molar-refractivity contribution in [3.05, 3.63) is 66.2 Å². The molecule has 0 unspecified atom stereocenters. The summed E-state index contributed by atoms with van der Waals surface area (Å²) in [7, 11) is 0. The van der Waals surface area contributed by atoms with Crippen LogP contribution in [-0.2, 0) is 20.9 Å². The summed E-state index contributed by atoms with van der Waals surface area (Å²) >= 11 is 1.28. The number of esters is 1. The lowest BCUT2D eigenvalue weighted by molar-refractivity contribution is -0.145. The van der Waals surface area contributed by atoms with E-state index in [4.69, 9.17) is 4.74 Å². The van der Waals surface area contributed by atoms with Crippen LogP contribution in [0.1, 0.15) is 18.9 Å². The Kier molecular flexibility index (Phi) is 6.97. The molecule has 6 nitrogen and oxygen atoms in total. The van der Waals surface area contributed by atoms with E-state index in [2.05, 4.69) is 10.2 Å². The summed E-state index contributed by atoms with van der Waals surface area (Å²) in [5.74, 6) is 0.188. The SMILES string of the molecule is CCOC(=O)CC(=O)CSc1nnc(-c2ccccc2)n1Cc1ccccc1. The van der Waals surface area contributed by atoms with Crippen LogP contribution in [0.25, 0.3) is 11.4 Å². The van der Waals surface area contributed by atoms with Gasteiger partial charge in [0.25, 0.3) is 0 Å². The molecule has 0 bridgehead atoms. The Bertz CT molecular complexity index is 927. The largest absolute Gasteiger partial charge is 0.466 e. The van der Waals surface area contributed by atoms with Gasteiger partial charge >= 0.3 is 5.97 Å². The van der Waals surface area contributed by atoms with Gasteiger partial charge in [0, 0.05) is 5.56 Å². The molecule has 1 heterocycles. The molecule has 7 heteroatoms. The van der Waals surface area contributed by atoms with E-state index in [1.165, 1.54) is 11.8 Å². The van der Waals surface area contributed by atoms with Gasteiger partial charge in [-0.1, -0.05) is 72.4 Å². The number of hydrogen-bond donors (Lipinski definition) is 0. The highest BCUT2D eigenvalue weighted by Gasteiger charge is 2.17. The zero-order valence-corrected chi connectivity index (χ0v) is 16.4. The van der Waals surface area contributed by atoms with Gasteiger partial charge in [0.1, 0.15) is 6.42 Å². The fourth-order valence-corrected chi connectivity index (χ4v) is 3.47. The molecule has 0 radical (unpaired) electrons. The Labute approximate surface area is 167 Å². The van der Waals surface area contributed by atoms with Gasteiger partial charge in [-0.05, 0) is 12.5 Å². The number of benzene rings is 2. The van der Waals surface area contributed by atoms with Crippen LogP contribution < -0.4 is 0 Å². The van der Waals surface area contributed by atoms with Gasteiger partial charge < -0.3 is 4.74 Å². The summed E-state index contributed by atoms with van der Waals surface area (Å²) in [6.45, 7) is 2.58. The zero-order valence-electron chi connectivity index (χ0n) is 15.6. The lowest BCUT2D eigenvalue weighted by Gasteiger charge is -2.10. The summed E-state index contributed by atoms with van der Waals surface area (Å²) in [5.41, 5.74) is 2.06. The molecule has 0 atom stereocenters. The third kappa shape index (κ3) is 5.29. The van der Waals surface area contributed by atoms with Gasteiger partial charge in [-0.3, -0.25) is 14.2 Å². The van der Waals surface area contributed by atoms with Crippen molar-refractivity contribution in [3.8, 4) is 11.4 Å². The molecule has 0 spiro atoms. The number of ketones is 1. The molecule has 3 rings (SSSR count). The van der Waals surface area contributed by atoms with Crippen LogP contribution in [-0.4, -0.2) is 38.9 Å². The molecule has 1 aromatic heterocycles. The Morgan fingerprint density at radius 2 is 1.68 bits per heavy atom. The lowest BCUT2D eigenvalue weighted by Crippen LogP contribution is -2.13. The quantitative estimate of drug-likeness (QED) is 0.313. The minimum atomic E-state index is -0.496. The number of ether oxygens (including phenoxy) is 1. The smallest absolute Gasteiger partial charge is 0.313 e. The van der Waals surface area contributed by atoms with Crippen LogP contribution in [0, 0.1) is 0 Å². The van der Waals surface area contributed by atoms with Crippen LogP contribution in [0.4, 0.5) is 0 Å². The first kappa shape index (κ1) is 19.8. The third-order valence-electron chi connectivity index (χ3n) is 3.94. The van der Waals surface area contributed by atoms with Gasteiger partial charge in [0.05, 0.1) is 18.9 Å². The van der Waals surface area contributed by atoms with Crippen LogP contribution in [0.15, 0.2) is 65.8 Å². The van der Waals surface area contributed by atoms with Crippen molar-refractivity contribution in [2.75, 3.05) is 12.4 Å². The molecule has 0 N–H and O–H groups in total. The van der Waals surface area contributed by atoms with Crippen molar-refractivity contribution in [3.63, 3.8) is 0 Å². The van der Waals surface area contributed by atoms with Crippen molar-refractivity contribution < 1.29 is 14.3 Å². The summed E-state index contributed by atoms with van der Waals surface area (Å²) in [5, 5.41) is 9.26. The van der Waals surface area contributed by atoms with E-state index >= 15 is 0 Å². The second kappa shape index (κ2) is 9.85. The number of Topliss-reactive ketones (excluding diaryl/α,β-unsaturated/α-hetero) is 1. The predicted molar refractivity (Wildman–Crippen MR) is 108 cm³/mol. The molecule has 28 heavy (non-hydrogen) atoms. The molecule has 0 aliphatic rings. The van der Waals surface area contributed by atoms with E-state index in [9.17, 15) is 9.59 Å². The van der Waals surface area contributed by atoms with E-state index in [1.807, 2.05) is 65.2 Å². The average Bonchev–Trinajstić information content (AvgIpc) is 3.10. The van der Waals surface area contributed by atoms with E-state index in [-0.39, 0.29) is 24.6 Å². The molecular weight excluding hydrogens is 374 g/mol. The molecular formula is C21H21N3O3S. The molecule has 0 aliphatic heterocycles. The molecule has 0 saturated heterocycles. The van der Waals surface area contributed by atoms with Crippen LogP contribution >= 0.6 is 11.8 Å². The van der Waals surface area contributed by atoms with Crippen molar-refractivity contribution in [2.45, 2.75) is 25.0 Å². The molecule has 0 fully saturated rings. The van der Waals surface area contributed by atoms with Gasteiger partial charge in [0.2, 0.25) is 0 Å². The standard InChI is InChI=1S/C21H21N3O3S/c1-2-27-19(26)13-18(25)15-28-21-23-22-20(17-11-7-4-8-12-17)24(21)14-16-9-5-3-6-10-16/h3-12H,2,13-15H2,1H3. The summed E-state index contributed by atoms with van der Waals surface area (Å²) in [6.07, 6.45) is -0.223. The zero-order chi connectivity index (χ0) is 19.8. The first-order chi connectivity index (χ1) is 13.7. The second-order valence-electron chi connectivity index (χ2n) is 6.05. The Morgan fingerprint density at radius 1 is 1.00 bits per heavy atom. The van der Waals surface area contributed by atoms with Gasteiger partial charge in [0.15, 0.2) is 16.8 Å². The highest BCUT2D eigenvalue weighted by atomic mass is 32.2. The van der Waals surface area contributed by atoms with Gasteiger partial charge in [-0.2, -0.15) is 0 Å². The number of hydrogen-bond acceptors (Lipinski definition) is 6. The fraction of sp³-hybridized carbons (Fsp3) is 0.238. The Morgan fingerprint density at radius 3 is 2.36 bits per heavy atom. The molecule has 0 aliphatic carbocycles. The predicted octanol–water partition coefficient (Wildman–Crippen LogP) is 3.61. The second-order valence-corrected chi connectivity index (χ2v) is 7.00. The normalized spacial score (nSPS) is 10.6. The van der Waals surface area contributed by atoms with E-state index in [0.29, 0.717) is 11.7 Å². The van der Waals surface area contributed by atoms with Crippen LogP contribution in [0.5, 0.6) is 0 Å². The first-order valence-corrected chi connectivity index (χ1v) is 9.98. The number of nitrogens with zero attached hydrogens (tertiary/aromatic N) is 3. The van der Waals surface area contributed by atoms with Crippen molar-refractivity contribution in [1.29, 1.82) is 0 Å². The number of carbonyl (C=O) groups is 2. The minimum absolute atomic E-state index is 0.139. The highest BCUT2D eigenvalue weighted by Crippen LogP contribution is 2.25. The molecule has 0 amide bonds. The van der Waals surface area contributed by atoms with Crippen molar-refractivity contribution >= 4 is 23.5 Å². The number of carbonyl (C=O) groups excluding carboxylic acids is 2. The summed E-state index contributed by atoms with van der Waals surface area (Å²) < 4.78 is 6.82. The van der Waals surface area contributed by atoms with Crippen LogP contribution in [0.3, 0.4) is 0 Å². The first-order valence-electron chi connectivity index (χ1n) is 9.00. The lowest BCUT2D eigenvalue weighted by atomic mass is 10.2. The number of rotatable bonds is 9. The van der Waals surface area contributed by atoms with Gasteiger partial charge in [-0.25, -0.2) is 0 Å². The fourth-order valence-electron chi connectivity index (χ4n) is 2.67. The third-order valence-corrected chi connectivity index (χ3v) is 4.97. The number of thioether (sulfide) groups is 1. The molecule has 3 aromatic rings. The Balaban J connectivity index is 1.79. The van der Waals surface area contributed by atoms with Gasteiger partial charge in [-0.15, -0.1) is 10.2 Å². The molecule has 2 aromatic carbocycles. The Hall–Kier alpha value is -2.93. The average molecular weight is 395 g/mol. The van der Waals surface area contributed by atoms with E-state index in [1.54, 1.807) is 6.92 Å². The topological polar surface area (TPSA) is 74.1 Å². The van der Waals surface area contributed by atoms with E-state index in [0.717, 1.165) is 17.0 Å². The number of aromatic nitrogens is 3. The molecule has 144 valence electrons. The summed E-state index contributed by atoms with van der Waals surface area (Å²) in [4.78, 5) is 23.5. The highest BCUT2D eigenvalue weighted by molar-refractivity contribution is 7.99. The monoisotopic (exact) mass is 395 g/mol. The maximum Gasteiger partial charge on any atom is 0.313 e. The maximum atomic E-state index is 12.1. The molecule has 0 saturated carbocycles. The van der Waals surface area contributed by atoms with Crippen LogP contribution in [0.2, 0.25) is 0 Å². The van der Waals surface area contributed by atoms with E-state index < -0.39 is 5.97 Å². The minimum Gasteiger partial charge on any atom is -0.466 e.